The predicted octanol–water partition coefficient (Wildman–Crippen LogP) is 1.09. The van der Waals surface area contributed by atoms with Gasteiger partial charge in [0.05, 0.1) is 18.5 Å². The van der Waals surface area contributed by atoms with Crippen LogP contribution in [0.15, 0.2) is 18.2 Å². The molecule has 1 unspecified atom stereocenters. The minimum absolute atomic E-state index is 0.295. The second kappa shape index (κ2) is 4.64. The highest BCUT2D eigenvalue weighted by Crippen LogP contribution is 2.32. The van der Waals surface area contributed by atoms with Crippen LogP contribution in [0.2, 0.25) is 0 Å². The molecular formula is C14H19N3O2. The number of ether oxygens (including phenoxy) is 1. The minimum atomic E-state index is 0.295. The Morgan fingerprint density at radius 1 is 1.37 bits per heavy atom. The summed E-state index contributed by atoms with van der Waals surface area (Å²) in [4.78, 5) is 16.0. The van der Waals surface area contributed by atoms with Crippen molar-refractivity contribution in [1.82, 2.24) is 4.90 Å². The van der Waals surface area contributed by atoms with Gasteiger partial charge in [-0.3, -0.25) is 4.79 Å². The number of nitrogen functional groups attached to an aromatic ring is 1. The number of hydrogen-bond donors (Lipinski definition) is 1. The lowest BCUT2D eigenvalue weighted by atomic mass is 10.1. The summed E-state index contributed by atoms with van der Waals surface area (Å²) in [6.45, 7) is 2.49. The van der Waals surface area contributed by atoms with Crippen molar-refractivity contribution in [3.63, 3.8) is 0 Å². The summed E-state index contributed by atoms with van der Waals surface area (Å²) >= 11 is 0. The summed E-state index contributed by atoms with van der Waals surface area (Å²) in [5, 5.41) is 0. The standard InChI is InChI=1S/C14H19N3O2/c1-19-11-3-4-12(15)13(8-11)16-6-7-17-10(9-16)2-5-14(17)18/h3-4,8,10H,2,5-7,9,15H2,1H3. The molecule has 1 amide bonds. The van der Waals surface area contributed by atoms with Gasteiger partial charge in [-0.2, -0.15) is 0 Å². The van der Waals surface area contributed by atoms with E-state index in [4.69, 9.17) is 10.5 Å². The molecule has 19 heavy (non-hydrogen) atoms. The van der Waals surface area contributed by atoms with Crippen molar-refractivity contribution in [2.75, 3.05) is 37.4 Å². The zero-order valence-corrected chi connectivity index (χ0v) is 11.1. The lowest BCUT2D eigenvalue weighted by Crippen LogP contribution is -2.51. The van der Waals surface area contributed by atoms with Crippen LogP contribution in [-0.4, -0.2) is 43.6 Å². The molecule has 2 fully saturated rings. The van der Waals surface area contributed by atoms with Gasteiger partial charge >= 0.3 is 0 Å². The minimum Gasteiger partial charge on any atom is -0.497 e. The molecule has 2 N–H and O–H groups in total. The Morgan fingerprint density at radius 2 is 2.21 bits per heavy atom. The number of nitrogens with zero attached hydrogens (tertiary/aromatic N) is 2. The van der Waals surface area contributed by atoms with E-state index < -0.39 is 0 Å². The van der Waals surface area contributed by atoms with E-state index in [-0.39, 0.29) is 0 Å². The monoisotopic (exact) mass is 261 g/mol. The fourth-order valence-electron chi connectivity index (χ4n) is 3.01. The number of rotatable bonds is 2. The molecule has 0 bridgehead atoms. The number of anilines is 2. The van der Waals surface area contributed by atoms with Crippen molar-refractivity contribution in [1.29, 1.82) is 0 Å². The molecule has 5 heteroatoms. The molecule has 0 aliphatic carbocycles. The van der Waals surface area contributed by atoms with Crippen molar-refractivity contribution < 1.29 is 9.53 Å². The summed E-state index contributed by atoms with van der Waals surface area (Å²) in [7, 11) is 1.66. The molecule has 2 aliphatic rings. The molecule has 0 spiro atoms. The largest absolute Gasteiger partial charge is 0.497 e. The zero-order valence-electron chi connectivity index (χ0n) is 11.1. The average molecular weight is 261 g/mol. The third kappa shape index (κ3) is 2.09. The van der Waals surface area contributed by atoms with Crippen LogP contribution in [0.25, 0.3) is 0 Å². The maximum atomic E-state index is 11.7. The third-order valence-electron chi connectivity index (χ3n) is 4.07. The number of benzene rings is 1. The van der Waals surface area contributed by atoms with Crippen LogP contribution in [0, 0.1) is 0 Å². The predicted molar refractivity (Wildman–Crippen MR) is 74.4 cm³/mol. The van der Waals surface area contributed by atoms with Crippen molar-refractivity contribution in [3.8, 4) is 5.75 Å². The van der Waals surface area contributed by atoms with E-state index in [1.54, 1.807) is 7.11 Å². The number of fused-ring (bicyclic) bond motifs is 1. The van der Waals surface area contributed by atoms with Crippen LogP contribution in [0.1, 0.15) is 12.8 Å². The summed E-state index contributed by atoms with van der Waals surface area (Å²) in [5.41, 5.74) is 7.84. The molecule has 0 saturated carbocycles. The average Bonchev–Trinajstić information content (AvgIpc) is 2.80. The SMILES string of the molecule is COc1ccc(N)c(N2CCN3C(=O)CCC3C2)c1. The molecular weight excluding hydrogens is 242 g/mol. The summed E-state index contributed by atoms with van der Waals surface area (Å²) in [5.74, 6) is 1.11. The number of hydrogen-bond acceptors (Lipinski definition) is 4. The van der Waals surface area contributed by atoms with E-state index in [0.717, 1.165) is 43.2 Å². The van der Waals surface area contributed by atoms with Gasteiger partial charge in [0, 0.05) is 38.2 Å². The van der Waals surface area contributed by atoms with Crippen LogP contribution in [0.3, 0.4) is 0 Å². The van der Waals surface area contributed by atoms with Crippen molar-refractivity contribution in [3.05, 3.63) is 18.2 Å². The van der Waals surface area contributed by atoms with Gasteiger partial charge in [0.1, 0.15) is 5.75 Å². The fraction of sp³-hybridized carbons (Fsp3) is 0.500. The van der Waals surface area contributed by atoms with Crippen LogP contribution < -0.4 is 15.4 Å². The first-order chi connectivity index (χ1) is 9.19. The van der Waals surface area contributed by atoms with Crippen LogP contribution in [0.5, 0.6) is 5.75 Å². The lowest BCUT2D eigenvalue weighted by Gasteiger charge is -2.39. The lowest BCUT2D eigenvalue weighted by molar-refractivity contribution is -0.129. The topological polar surface area (TPSA) is 58.8 Å². The van der Waals surface area contributed by atoms with Crippen molar-refractivity contribution in [2.24, 2.45) is 0 Å². The highest BCUT2D eigenvalue weighted by molar-refractivity contribution is 5.79. The molecule has 1 atom stereocenters. The Labute approximate surface area is 112 Å². The van der Waals surface area contributed by atoms with Gasteiger partial charge in [-0.1, -0.05) is 0 Å². The molecule has 1 aromatic rings. The van der Waals surface area contributed by atoms with Gasteiger partial charge in [-0.05, 0) is 18.6 Å². The summed E-state index contributed by atoms with van der Waals surface area (Å²) in [6, 6.07) is 6.06. The zero-order chi connectivity index (χ0) is 13.4. The second-order valence-electron chi connectivity index (χ2n) is 5.15. The number of piperazine rings is 1. The Morgan fingerprint density at radius 3 is 3.00 bits per heavy atom. The van der Waals surface area contributed by atoms with Crippen LogP contribution in [-0.2, 0) is 4.79 Å². The van der Waals surface area contributed by atoms with Crippen LogP contribution in [0.4, 0.5) is 11.4 Å². The molecule has 5 nitrogen and oxygen atoms in total. The van der Waals surface area contributed by atoms with Gasteiger partial charge in [0.2, 0.25) is 5.91 Å². The maximum absolute atomic E-state index is 11.7. The molecule has 2 heterocycles. The highest BCUT2D eigenvalue weighted by Gasteiger charge is 2.35. The Hall–Kier alpha value is -1.91. The summed E-state index contributed by atoms with van der Waals surface area (Å²) in [6.07, 6.45) is 1.64. The van der Waals surface area contributed by atoms with Crippen LogP contribution >= 0.6 is 0 Å². The van der Waals surface area contributed by atoms with E-state index >= 15 is 0 Å². The van der Waals surface area contributed by atoms with E-state index in [1.807, 2.05) is 23.1 Å². The maximum Gasteiger partial charge on any atom is 0.223 e. The number of carbonyl (C=O) groups is 1. The molecule has 1 aromatic carbocycles. The van der Waals surface area contributed by atoms with Gasteiger partial charge in [-0.25, -0.2) is 0 Å². The van der Waals surface area contributed by atoms with Gasteiger partial charge < -0.3 is 20.3 Å². The Balaban J connectivity index is 1.82. The fourth-order valence-corrected chi connectivity index (χ4v) is 3.01. The molecule has 2 saturated heterocycles. The van der Waals surface area contributed by atoms with E-state index in [0.29, 0.717) is 18.4 Å². The smallest absolute Gasteiger partial charge is 0.223 e. The van der Waals surface area contributed by atoms with Crippen molar-refractivity contribution in [2.45, 2.75) is 18.9 Å². The van der Waals surface area contributed by atoms with Gasteiger partial charge in [0.15, 0.2) is 0 Å². The highest BCUT2D eigenvalue weighted by atomic mass is 16.5. The quantitative estimate of drug-likeness (QED) is 0.810. The number of carbonyl (C=O) groups excluding carboxylic acids is 1. The van der Waals surface area contributed by atoms with E-state index in [9.17, 15) is 4.79 Å². The first kappa shape index (κ1) is 12.1. The first-order valence-electron chi connectivity index (χ1n) is 6.67. The number of amides is 1. The normalized spacial score (nSPS) is 22.6. The second-order valence-corrected chi connectivity index (χ2v) is 5.15. The van der Waals surface area contributed by atoms with Gasteiger partial charge in [0.25, 0.3) is 0 Å². The van der Waals surface area contributed by atoms with E-state index in [1.165, 1.54) is 0 Å². The molecule has 0 aromatic heterocycles. The van der Waals surface area contributed by atoms with E-state index in [2.05, 4.69) is 4.90 Å². The van der Waals surface area contributed by atoms with Crippen molar-refractivity contribution >= 4 is 17.3 Å². The molecule has 102 valence electrons. The molecule has 3 rings (SSSR count). The Bertz CT molecular complexity index is 503. The first-order valence-corrected chi connectivity index (χ1v) is 6.67. The third-order valence-corrected chi connectivity index (χ3v) is 4.07. The van der Waals surface area contributed by atoms with Gasteiger partial charge in [-0.15, -0.1) is 0 Å². The Kier molecular flexibility index (Phi) is 2.97. The number of methoxy groups -OCH3 is 1. The summed E-state index contributed by atoms with van der Waals surface area (Å²) < 4.78 is 5.26. The number of nitrogens with two attached hydrogens (primary N) is 1. The molecule has 2 aliphatic heterocycles. The molecule has 0 radical (unpaired) electrons.